The fourth-order valence-corrected chi connectivity index (χ4v) is 3.10. The van der Waals surface area contributed by atoms with Crippen molar-refractivity contribution >= 4 is 11.8 Å². The molecule has 0 bridgehead atoms. The average Bonchev–Trinajstić information content (AvgIpc) is 2.95. The molecule has 0 atom stereocenters. The predicted octanol–water partition coefficient (Wildman–Crippen LogP) is 1.01. The second kappa shape index (κ2) is 4.19. The number of carbonyl (C=O) groups is 2. The number of amides is 2. The summed E-state index contributed by atoms with van der Waals surface area (Å²) in [5.74, 6) is 0.478. The number of carbonyl (C=O) groups excluding carboxylic acids is 2. The van der Waals surface area contributed by atoms with E-state index in [4.69, 9.17) is 0 Å². The lowest BCUT2D eigenvalue weighted by atomic mass is 9.73. The molecule has 6 heteroatoms. The van der Waals surface area contributed by atoms with Gasteiger partial charge in [-0.15, -0.1) is 0 Å². The molecule has 2 amide bonds. The topological polar surface area (TPSA) is 79.0 Å². The Kier molecular flexibility index (Phi) is 2.65. The van der Waals surface area contributed by atoms with Gasteiger partial charge >= 0.3 is 0 Å². The maximum atomic E-state index is 12.5. The molecule has 2 heterocycles. The predicted molar refractivity (Wildman–Crippen MR) is 62.1 cm³/mol. The summed E-state index contributed by atoms with van der Waals surface area (Å²) in [5.41, 5.74) is -0.407. The Morgan fingerprint density at radius 2 is 2.06 bits per heavy atom. The summed E-state index contributed by atoms with van der Waals surface area (Å²) in [5, 5.41) is 6.42. The lowest BCUT2D eigenvalue weighted by molar-refractivity contribution is -0.143. The minimum atomic E-state index is -0.407. The normalized spacial score (nSPS) is 23.0. The highest BCUT2D eigenvalue weighted by atomic mass is 16.2. The SMILES string of the molecule is O=C1CC2(CCCCC2)C(=O)N1Cc1ncn[nH]1. The van der Waals surface area contributed by atoms with E-state index in [0.29, 0.717) is 12.2 Å². The van der Waals surface area contributed by atoms with Gasteiger partial charge in [0.05, 0.1) is 12.0 Å². The molecule has 0 radical (unpaired) electrons. The van der Waals surface area contributed by atoms with Crippen molar-refractivity contribution in [3.8, 4) is 0 Å². The van der Waals surface area contributed by atoms with E-state index in [1.54, 1.807) is 0 Å². The number of aromatic nitrogens is 3. The summed E-state index contributed by atoms with van der Waals surface area (Å²) in [6, 6.07) is 0. The van der Waals surface area contributed by atoms with Crippen LogP contribution >= 0.6 is 0 Å². The van der Waals surface area contributed by atoms with Crippen molar-refractivity contribution in [3.05, 3.63) is 12.2 Å². The standard InChI is InChI=1S/C12H16N4O2/c17-10-6-12(4-2-1-3-5-12)11(18)16(10)7-9-13-8-14-15-9/h8H,1-7H2,(H,13,14,15). The molecule has 1 spiro atoms. The molecule has 0 unspecified atom stereocenters. The monoisotopic (exact) mass is 248 g/mol. The van der Waals surface area contributed by atoms with Gasteiger partial charge in [-0.25, -0.2) is 4.98 Å². The average molecular weight is 248 g/mol. The molecule has 2 fully saturated rings. The van der Waals surface area contributed by atoms with Crippen LogP contribution in [0.15, 0.2) is 6.33 Å². The first kappa shape index (κ1) is 11.4. The molecule has 18 heavy (non-hydrogen) atoms. The number of hydrogen-bond donors (Lipinski definition) is 1. The van der Waals surface area contributed by atoms with Crippen LogP contribution in [-0.4, -0.2) is 31.9 Å². The van der Waals surface area contributed by atoms with Crippen LogP contribution < -0.4 is 0 Å². The summed E-state index contributed by atoms with van der Waals surface area (Å²) < 4.78 is 0. The van der Waals surface area contributed by atoms with Crippen molar-refractivity contribution < 1.29 is 9.59 Å². The molecule has 1 N–H and O–H groups in total. The van der Waals surface area contributed by atoms with E-state index >= 15 is 0 Å². The third-order valence-electron chi connectivity index (χ3n) is 4.07. The Morgan fingerprint density at radius 1 is 1.28 bits per heavy atom. The summed E-state index contributed by atoms with van der Waals surface area (Å²) in [7, 11) is 0. The first-order valence-electron chi connectivity index (χ1n) is 6.40. The van der Waals surface area contributed by atoms with Gasteiger partial charge in [-0.05, 0) is 12.8 Å². The Labute approximate surface area is 105 Å². The second-order valence-corrected chi connectivity index (χ2v) is 5.23. The van der Waals surface area contributed by atoms with Crippen LogP contribution in [0, 0.1) is 5.41 Å². The van der Waals surface area contributed by atoms with Gasteiger partial charge in [-0.3, -0.25) is 19.6 Å². The Morgan fingerprint density at radius 3 is 2.72 bits per heavy atom. The van der Waals surface area contributed by atoms with E-state index < -0.39 is 5.41 Å². The Bertz CT molecular complexity index is 462. The molecular formula is C12H16N4O2. The third-order valence-corrected chi connectivity index (χ3v) is 4.07. The van der Waals surface area contributed by atoms with Gasteiger partial charge in [0.15, 0.2) is 0 Å². The van der Waals surface area contributed by atoms with E-state index in [1.807, 2.05) is 0 Å². The number of H-pyrrole nitrogens is 1. The van der Waals surface area contributed by atoms with Crippen molar-refractivity contribution in [2.24, 2.45) is 5.41 Å². The number of rotatable bonds is 2. The minimum absolute atomic E-state index is 0.0106. The molecule has 3 rings (SSSR count). The van der Waals surface area contributed by atoms with Crippen LogP contribution in [0.4, 0.5) is 0 Å². The fourth-order valence-electron chi connectivity index (χ4n) is 3.10. The van der Waals surface area contributed by atoms with Gasteiger partial charge in [0, 0.05) is 6.42 Å². The molecule has 1 aliphatic heterocycles. The lowest BCUT2D eigenvalue weighted by Gasteiger charge is -2.30. The Balaban J connectivity index is 1.80. The van der Waals surface area contributed by atoms with Gasteiger partial charge < -0.3 is 0 Å². The van der Waals surface area contributed by atoms with Gasteiger partial charge in [-0.1, -0.05) is 19.3 Å². The molecule has 1 saturated carbocycles. The second-order valence-electron chi connectivity index (χ2n) is 5.23. The van der Waals surface area contributed by atoms with Crippen LogP contribution in [0.2, 0.25) is 0 Å². The quantitative estimate of drug-likeness (QED) is 0.792. The summed E-state index contributed by atoms with van der Waals surface area (Å²) >= 11 is 0. The van der Waals surface area contributed by atoms with Gasteiger partial charge in [0.25, 0.3) is 0 Å². The van der Waals surface area contributed by atoms with Crippen LogP contribution in [0.1, 0.15) is 44.3 Å². The van der Waals surface area contributed by atoms with Crippen LogP contribution in [0.3, 0.4) is 0 Å². The summed E-state index contributed by atoms with van der Waals surface area (Å²) in [4.78, 5) is 29.8. The number of nitrogens with zero attached hydrogens (tertiary/aromatic N) is 3. The van der Waals surface area contributed by atoms with E-state index in [-0.39, 0.29) is 18.4 Å². The molecule has 1 aromatic rings. The van der Waals surface area contributed by atoms with Crippen LogP contribution in [0.25, 0.3) is 0 Å². The van der Waals surface area contributed by atoms with Crippen LogP contribution in [-0.2, 0) is 16.1 Å². The zero-order valence-electron chi connectivity index (χ0n) is 10.2. The fraction of sp³-hybridized carbons (Fsp3) is 0.667. The molecule has 96 valence electrons. The number of imide groups is 1. The summed E-state index contributed by atoms with van der Waals surface area (Å²) in [6.07, 6.45) is 6.74. The highest BCUT2D eigenvalue weighted by Crippen LogP contribution is 2.45. The van der Waals surface area contributed by atoms with Gasteiger partial charge in [-0.2, -0.15) is 5.10 Å². The first-order valence-corrected chi connectivity index (χ1v) is 6.40. The molecule has 2 aliphatic rings. The third kappa shape index (κ3) is 1.72. The van der Waals surface area contributed by atoms with Crippen molar-refractivity contribution in [3.63, 3.8) is 0 Å². The maximum Gasteiger partial charge on any atom is 0.236 e. The smallest absolute Gasteiger partial charge is 0.236 e. The Hall–Kier alpha value is -1.72. The summed E-state index contributed by atoms with van der Waals surface area (Å²) in [6.45, 7) is 0.222. The van der Waals surface area contributed by atoms with E-state index in [9.17, 15) is 9.59 Å². The highest BCUT2D eigenvalue weighted by Gasteiger charge is 2.51. The molecule has 1 aromatic heterocycles. The molecule has 1 aliphatic carbocycles. The zero-order chi connectivity index (χ0) is 12.6. The van der Waals surface area contributed by atoms with Crippen molar-refractivity contribution in [2.75, 3.05) is 0 Å². The lowest BCUT2D eigenvalue weighted by Crippen LogP contribution is -2.36. The maximum absolute atomic E-state index is 12.5. The largest absolute Gasteiger partial charge is 0.274 e. The van der Waals surface area contributed by atoms with Crippen molar-refractivity contribution in [1.82, 2.24) is 20.1 Å². The molecular weight excluding hydrogens is 232 g/mol. The zero-order valence-corrected chi connectivity index (χ0v) is 10.2. The molecule has 6 nitrogen and oxygen atoms in total. The number of hydrogen-bond acceptors (Lipinski definition) is 4. The first-order chi connectivity index (χ1) is 8.71. The van der Waals surface area contributed by atoms with E-state index in [0.717, 1.165) is 25.7 Å². The van der Waals surface area contributed by atoms with Crippen molar-refractivity contribution in [2.45, 2.75) is 45.1 Å². The number of likely N-dealkylation sites (tertiary alicyclic amines) is 1. The number of nitrogens with one attached hydrogen (secondary N) is 1. The van der Waals surface area contributed by atoms with E-state index in [1.165, 1.54) is 17.6 Å². The molecule has 0 aromatic carbocycles. The van der Waals surface area contributed by atoms with Crippen LogP contribution in [0.5, 0.6) is 0 Å². The van der Waals surface area contributed by atoms with E-state index in [2.05, 4.69) is 15.2 Å². The van der Waals surface area contributed by atoms with Gasteiger partial charge in [0.1, 0.15) is 12.2 Å². The van der Waals surface area contributed by atoms with Gasteiger partial charge in [0.2, 0.25) is 11.8 Å². The van der Waals surface area contributed by atoms with Crippen molar-refractivity contribution in [1.29, 1.82) is 0 Å². The number of aromatic amines is 1. The molecule has 1 saturated heterocycles. The minimum Gasteiger partial charge on any atom is -0.274 e. The highest BCUT2D eigenvalue weighted by molar-refractivity contribution is 6.05.